The van der Waals surface area contributed by atoms with Crippen LogP contribution in [-0.2, 0) is 9.84 Å². The monoisotopic (exact) mass is 255 g/mol. The lowest BCUT2D eigenvalue weighted by Gasteiger charge is -2.27. The number of sulfone groups is 1. The van der Waals surface area contributed by atoms with Gasteiger partial charge in [0, 0.05) is 6.04 Å². The Hall–Kier alpha value is -1.07. The topological polar surface area (TPSA) is 55.4 Å². The molecule has 0 saturated carbocycles. The summed E-state index contributed by atoms with van der Waals surface area (Å²) in [5, 5.41) is 3.31. The fraction of sp³-hybridized carbons (Fsp3) is 0.500. The van der Waals surface area contributed by atoms with Gasteiger partial charge in [-0.2, -0.15) is 0 Å². The Balaban J connectivity index is 2.59. The third kappa shape index (κ3) is 2.17. The number of rotatable bonds is 3. The predicted molar refractivity (Wildman–Crippen MR) is 66.1 cm³/mol. The third-order valence-electron chi connectivity index (χ3n) is 3.04. The van der Waals surface area contributed by atoms with Crippen molar-refractivity contribution in [2.24, 2.45) is 0 Å². The van der Waals surface area contributed by atoms with E-state index in [9.17, 15) is 8.42 Å². The summed E-state index contributed by atoms with van der Waals surface area (Å²) < 4.78 is 29.4. The van der Waals surface area contributed by atoms with Crippen LogP contribution in [0.15, 0.2) is 23.1 Å². The molecule has 1 unspecified atom stereocenters. The van der Waals surface area contributed by atoms with E-state index >= 15 is 0 Å². The van der Waals surface area contributed by atoms with Gasteiger partial charge in [0.1, 0.15) is 10.6 Å². The van der Waals surface area contributed by atoms with Crippen molar-refractivity contribution in [3.63, 3.8) is 0 Å². The van der Waals surface area contributed by atoms with Crippen LogP contribution < -0.4 is 10.1 Å². The predicted octanol–water partition coefficient (Wildman–Crippen LogP) is 1.52. The summed E-state index contributed by atoms with van der Waals surface area (Å²) in [4.78, 5) is 0.361. The highest BCUT2D eigenvalue weighted by atomic mass is 32.2. The van der Waals surface area contributed by atoms with Gasteiger partial charge in [-0.05, 0) is 24.6 Å². The quantitative estimate of drug-likeness (QED) is 0.889. The average Bonchev–Trinajstić information content (AvgIpc) is 2.32. The first-order valence-electron chi connectivity index (χ1n) is 5.73. The first-order valence-corrected chi connectivity index (χ1v) is 7.38. The minimum absolute atomic E-state index is 0.105. The van der Waals surface area contributed by atoms with Gasteiger partial charge in [0.25, 0.3) is 0 Å². The standard InChI is InChI=1S/C12H17NO3S/c1-3-13-10-7-8-17(14,15)12-9(10)5-4-6-11(12)16-2/h4-6,10,13H,3,7-8H2,1-2H3. The second-order valence-corrected chi connectivity index (χ2v) is 6.14. The molecule has 5 heteroatoms. The van der Waals surface area contributed by atoms with Gasteiger partial charge < -0.3 is 10.1 Å². The van der Waals surface area contributed by atoms with Crippen LogP contribution in [0.2, 0.25) is 0 Å². The Kier molecular flexibility index (Phi) is 3.40. The van der Waals surface area contributed by atoms with Crippen LogP contribution in [0.25, 0.3) is 0 Å². The summed E-state index contributed by atoms with van der Waals surface area (Å²) in [7, 11) is -1.70. The molecule has 4 nitrogen and oxygen atoms in total. The molecule has 1 aliphatic rings. The van der Waals surface area contributed by atoms with Crippen molar-refractivity contribution in [2.75, 3.05) is 19.4 Å². The number of hydrogen-bond donors (Lipinski definition) is 1. The molecule has 1 aromatic carbocycles. The molecule has 94 valence electrons. The Bertz CT molecular complexity index is 510. The molecule has 1 N–H and O–H groups in total. The summed E-state index contributed by atoms with van der Waals surface area (Å²) in [6.07, 6.45) is 0.621. The number of methoxy groups -OCH3 is 1. The Morgan fingerprint density at radius 1 is 1.47 bits per heavy atom. The number of benzene rings is 1. The highest BCUT2D eigenvalue weighted by molar-refractivity contribution is 7.91. The number of ether oxygens (including phenoxy) is 1. The maximum absolute atomic E-state index is 12.1. The molecule has 1 aromatic rings. The minimum Gasteiger partial charge on any atom is -0.495 e. The van der Waals surface area contributed by atoms with E-state index in [-0.39, 0.29) is 11.8 Å². The summed E-state index contributed by atoms with van der Waals surface area (Å²) >= 11 is 0. The molecule has 1 heterocycles. The number of fused-ring (bicyclic) bond motifs is 1. The van der Waals surface area contributed by atoms with Gasteiger partial charge in [-0.3, -0.25) is 0 Å². The molecule has 0 bridgehead atoms. The van der Waals surface area contributed by atoms with Gasteiger partial charge in [-0.25, -0.2) is 8.42 Å². The van der Waals surface area contributed by atoms with Crippen LogP contribution in [-0.4, -0.2) is 27.8 Å². The van der Waals surface area contributed by atoms with E-state index in [0.29, 0.717) is 17.1 Å². The van der Waals surface area contributed by atoms with Gasteiger partial charge in [0.05, 0.1) is 12.9 Å². The molecular formula is C12H17NO3S. The normalized spacial score (nSPS) is 21.9. The van der Waals surface area contributed by atoms with Crippen molar-refractivity contribution in [1.29, 1.82) is 0 Å². The van der Waals surface area contributed by atoms with Crippen molar-refractivity contribution in [1.82, 2.24) is 5.32 Å². The SMILES string of the molecule is CCNC1CCS(=O)(=O)c2c(OC)cccc21. The molecule has 0 aliphatic carbocycles. The molecule has 0 aromatic heterocycles. The maximum Gasteiger partial charge on any atom is 0.182 e. The van der Waals surface area contributed by atoms with Gasteiger partial charge in [0.15, 0.2) is 9.84 Å². The van der Waals surface area contributed by atoms with E-state index in [4.69, 9.17) is 4.74 Å². The average molecular weight is 255 g/mol. The molecule has 0 radical (unpaired) electrons. The van der Waals surface area contributed by atoms with Crippen LogP contribution in [0.1, 0.15) is 24.9 Å². The molecule has 1 aliphatic heterocycles. The lowest BCUT2D eigenvalue weighted by atomic mass is 10.0. The first kappa shape index (κ1) is 12.4. The maximum atomic E-state index is 12.1. The Morgan fingerprint density at radius 3 is 2.88 bits per heavy atom. The largest absolute Gasteiger partial charge is 0.495 e. The van der Waals surface area contributed by atoms with E-state index in [1.165, 1.54) is 7.11 Å². The lowest BCUT2D eigenvalue weighted by molar-refractivity contribution is 0.395. The minimum atomic E-state index is -3.20. The van der Waals surface area contributed by atoms with E-state index in [1.54, 1.807) is 6.07 Å². The molecule has 0 fully saturated rings. The van der Waals surface area contributed by atoms with Crippen molar-refractivity contribution >= 4 is 9.84 Å². The van der Waals surface area contributed by atoms with Crippen LogP contribution in [0.3, 0.4) is 0 Å². The third-order valence-corrected chi connectivity index (χ3v) is 4.87. The first-order chi connectivity index (χ1) is 8.10. The molecule has 0 spiro atoms. The van der Waals surface area contributed by atoms with Crippen LogP contribution in [0.5, 0.6) is 5.75 Å². The fourth-order valence-corrected chi connectivity index (χ4v) is 4.07. The summed E-state index contributed by atoms with van der Waals surface area (Å²) in [6, 6.07) is 5.50. The van der Waals surface area contributed by atoms with Crippen molar-refractivity contribution in [3.8, 4) is 5.75 Å². The summed E-state index contributed by atoms with van der Waals surface area (Å²) in [5.41, 5.74) is 0.831. The van der Waals surface area contributed by atoms with Crippen LogP contribution in [0.4, 0.5) is 0 Å². The highest BCUT2D eigenvalue weighted by Gasteiger charge is 2.32. The number of hydrogen-bond acceptors (Lipinski definition) is 4. The molecule has 17 heavy (non-hydrogen) atoms. The molecular weight excluding hydrogens is 238 g/mol. The van der Waals surface area contributed by atoms with E-state index in [1.807, 2.05) is 19.1 Å². The van der Waals surface area contributed by atoms with Crippen LogP contribution in [0, 0.1) is 0 Å². The van der Waals surface area contributed by atoms with Crippen LogP contribution >= 0.6 is 0 Å². The zero-order valence-corrected chi connectivity index (χ0v) is 10.9. The van der Waals surface area contributed by atoms with Gasteiger partial charge in [-0.1, -0.05) is 19.1 Å². The van der Waals surface area contributed by atoms with E-state index < -0.39 is 9.84 Å². The highest BCUT2D eigenvalue weighted by Crippen LogP contribution is 2.37. The lowest BCUT2D eigenvalue weighted by Crippen LogP contribution is -2.29. The van der Waals surface area contributed by atoms with E-state index in [0.717, 1.165) is 12.1 Å². The summed E-state index contributed by atoms with van der Waals surface area (Å²) in [5.74, 6) is 0.628. The summed E-state index contributed by atoms with van der Waals surface area (Å²) in [6.45, 7) is 2.84. The smallest absolute Gasteiger partial charge is 0.182 e. The van der Waals surface area contributed by atoms with Crippen molar-refractivity contribution < 1.29 is 13.2 Å². The Labute approximate surface area is 102 Å². The zero-order chi connectivity index (χ0) is 12.5. The van der Waals surface area contributed by atoms with Crippen molar-refractivity contribution in [2.45, 2.75) is 24.3 Å². The number of nitrogens with one attached hydrogen (secondary N) is 1. The second kappa shape index (κ2) is 4.66. The molecule has 0 saturated heterocycles. The second-order valence-electron chi connectivity index (χ2n) is 4.10. The van der Waals surface area contributed by atoms with Gasteiger partial charge in [0.2, 0.25) is 0 Å². The molecule has 1 atom stereocenters. The fourth-order valence-electron chi connectivity index (χ4n) is 2.29. The van der Waals surface area contributed by atoms with E-state index in [2.05, 4.69) is 5.32 Å². The molecule has 2 rings (SSSR count). The molecule has 0 amide bonds. The van der Waals surface area contributed by atoms with Crippen molar-refractivity contribution in [3.05, 3.63) is 23.8 Å². The van der Waals surface area contributed by atoms with Gasteiger partial charge in [-0.15, -0.1) is 0 Å². The Morgan fingerprint density at radius 2 is 2.24 bits per heavy atom. The zero-order valence-electron chi connectivity index (χ0n) is 10.1. The van der Waals surface area contributed by atoms with Gasteiger partial charge >= 0.3 is 0 Å².